The van der Waals surface area contributed by atoms with Crippen LogP contribution < -0.4 is 0 Å². The summed E-state index contributed by atoms with van der Waals surface area (Å²) in [5.74, 6) is -0.0573. The molecule has 0 heterocycles. The van der Waals surface area contributed by atoms with Gasteiger partial charge < -0.3 is 14.2 Å². The minimum Gasteiger partial charge on any atom is -0.462 e. The average Bonchev–Trinajstić information content (AvgIpc) is 3.17. The summed E-state index contributed by atoms with van der Waals surface area (Å²) in [5.41, 5.74) is 0. The lowest BCUT2D eigenvalue weighted by molar-refractivity contribution is -0.167. The molecule has 55 heavy (non-hydrogen) atoms. The van der Waals surface area contributed by atoms with Crippen LogP contribution in [0.2, 0.25) is 0 Å². The van der Waals surface area contributed by atoms with Crippen molar-refractivity contribution in [1.82, 2.24) is 0 Å². The molecule has 0 aliphatic heterocycles. The van der Waals surface area contributed by atoms with Gasteiger partial charge in [0.05, 0.1) is 0 Å². The molecule has 0 radical (unpaired) electrons. The summed E-state index contributed by atoms with van der Waals surface area (Å²) in [6.45, 7) is 8.96. The first kappa shape index (κ1) is 53.4. The molecule has 0 spiro atoms. The molecule has 0 aliphatic carbocycles. The third-order valence-corrected chi connectivity index (χ3v) is 11.0. The van der Waals surface area contributed by atoms with Gasteiger partial charge in [-0.25, -0.2) is 0 Å². The number of esters is 3. The number of rotatable bonds is 44. The predicted molar refractivity (Wildman–Crippen MR) is 233 cm³/mol. The van der Waals surface area contributed by atoms with E-state index < -0.39 is 6.10 Å². The quantitative estimate of drug-likeness (QED) is 0.0348. The third kappa shape index (κ3) is 43.4. The largest absolute Gasteiger partial charge is 0.462 e. The molecular weight excluding hydrogens is 685 g/mol. The summed E-state index contributed by atoms with van der Waals surface area (Å²) in [6, 6.07) is 0. The molecule has 0 aromatic heterocycles. The molecule has 326 valence electrons. The zero-order chi connectivity index (χ0) is 40.3. The summed E-state index contributed by atoms with van der Waals surface area (Å²) in [5, 5.41) is 0. The molecule has 6 heteroatoms. The molecular formula is C49H94O6. The molecule has 0 saturated heterocycles. The maximum atomic E-state index is 12.7. The molecule has 0 rings (SSSR count). The fraction of sp³-hybridized carbons (Fsp3) is 0.939. The monoisotopic (exact) mass is 779 g/mol. The number of hydrogen-bond acceptors (Lipinski definition) is 6. The van der Waals surface area contributed by atoms with Gasteiger partial charge in [0.15, 0.2) is 6.10 Å². The van der Waals surface area contributed by atoms with E-state index in [4.69, 9.17) is 14.2 Å². The lowest BCUT2D eigenvalue weighted by atomic mass is 10.0. The second kappa shape index (κ2) is 43.5. The molecule has 0 amide bonds. The van der Waals surface area contributed by atoms with Crippen molar-refractivity contribution in [2.75, 3.05) is 13.2 Å². The minimum atomic E-state index is -0.759. The molecule has 0 aromatic carbocycles. The minimum absolute atomic E-state index is 0.0637. The van der Waals surface area contributed by atoms with Crippen molar-refractivity contribution < 1.29 is 28.6 Å². The van der Waals surface area contributed by atoms with Gasteiger partial charge in [-0.2, -0.15) is 0 Å². The van der Waals surface area contributed by atoms with E-state index >= 15 is 0 Å². The molecule has 0 N–H and O–H groups in total. The van der Waals surface area contributed by atoms with E-state index in [0.29, 0.717) is 19.3 Å². The topological polar surface area (TPSA) is 78.9 Å². The van der Waals surface area contributed by atoms with Gasteiger partial charge in [-0.3, -0.25) is 14.4 Å². The van der Waals surface area contributed by atoms with Crippen molar-refractivity contribution in [2.24, 2.45) is 5.92 Å². The fourth-order valence-electron chi connectivity index (χ4n) is 7.33. The van der Waals surface area contributed by atoms with E-state index in [1.54, 1.807) is 0 Å². The molecule has 0 fully saturated rings. The SMILES string of the molecule is CCCCCCCCCCCCCCCCCCCC(=O)OC[C@@H](COC(=O)CCCCCCCCCCC(C)C)OC(=O)CCCCCCCCCCC. The Morgan fingerprint density at radius 2 is 0.600 bits per heavy atom. The first-order chi connectivity index (χ1) is 26.9. The normalized spacial score (nSPS) is 11.9. The van der Waals surface area contributed by atoms with E-state index in [0.717, 1.165) is 63.7 Å². The molecule has 0 aromatic rings. The van der Waals surface area contributed by atoms with Crippen LogP contribution in [-0.2, 0) is 28.6 Å². The Bertz CT molecular complexity index is 826. The van der Waals surface area contributed by atoms with Crippen LogP contribution in [0.4, 0.5) is 0 Å². The molecule has 1 atom stereocenters. The Hall–Kier alpha value is -1.59. The highest BCUT2D eigenvalue weighted by molar-refractivity contribution is 5.71. The van der Waals surface area contributed by atoms with E-state index in [1.807, 2.05) is 0 Å². The maximum absolute atomic E-state index is 12.7. The van der Waals surface area contributed by atoms with E-state index in [1.165, 1.54) is 167 Å². The molecule has 0 aliphatic rings. The van der Waals surface area contributed by atoms with Gasteiger partial charge in [0.2, 0.25) is 0 Å². The van der Waals surface area contributed by atoms with Crippen molar-refractivity contribution in [1.29, 1.82) is 0 Å². The summed E-state index contributed by atoms with van der Waals surface area (Å²) in [6.07, 6.45) is 43.8. The van der Waals surface area contributed by atoms with Gasteiger partial charge in [0, 0.05) is 19.3 Å². The van der Waals surface area contributed by atoms with Gasteiger partial charge in [-0.05, 0) is 25.2 Å². The van der Waals surface area contributed by atoms with Gasteiger partial charge in [0.1, 0.15) is 13.2 Å². The standard InChI is InChI=1S/C49H94O6/c1-5-7-9-11-13-15-16-17-18-19-20-21-22-24-28-32-36-40-47(50)53-43-46(55-49(52)42-38-34-30-23-14-12-10-8-6-2)44-54-48(51)41-37-33-29-26-25-27-31-35-39-45(3)4/h45-46H,5-44H2,1-4H3/t46-/m0/s1. The van der Waals surface area contributed by atoms with E-state index in [9.17, 15) is 14.4 Å². The zero-order valence-electron chi connectivity index (χ0n) is 37.4. The Labute approximate surface area is 342 Å². The summed E-state index contributed by atoms with van der Waals surface area (Å²) in [7, 11) is 0. The number of hydrogen-bond donors (Lipinski definition) is 0. The Morgan fingerprint density at radius 3 is 0.891 bits per heavy atom. The second-order valence-corrected chi connectivity index (χ2v) is 17.2. The second-order valence-electron chi connectivity index (χ2n) is 17.2. The van der Waals surface area contributed by atoms with Gasteiger partial charge in [-0.1, -0.05) is 233 Å². The highest BCUT2D eigenvalue weighted by Crippen LogP contribution is 2.16. The van der Waals surface area contributed by atoms with Crippen molar-refractivity contribution in [3.63, 3.8) is 0 Å². The zero-order valence-corrected chi connectivity index (χ0v) is 37.4. The van der Waals surface area contributed by atoms with Crippen molar-refractivity contribution in [3.05, 3.63) is 0 Å². The molecule has 0 bridgehead atoms. The van der Waals surface area contributed by atoms with Gasteiger partial charge >= 0.3 is 17.9 Å². The predicted octanol–water partition coefficient (Wildman–Crippen LogP) is 15.5. The highest BCUT2D eigenvalue weighted by atomic mass is 16.6. The number of ether oxygens (including phenoxy) is 3. The van der Waals surface area contributed by atoms with Crippen LogP contribution >= 0.6 is 0 Å². The van der Waals surface area contributed by atoms with Crippen LogP contribution in [0.15, 0.2) is 0 Å². The number of unbranched alkanes of at least 4 members (excludes halogenated alkanes) is 31. The van der Waals surface area contributed by atoms with Crippen LogP contribution in [0.5, 0.6) is 0 Å². The highest BCUT2D eigenvalue weighted by Gasteiger charge is 2.19. The van der Waals surface area contributed by atoms with Crippen molar-refractivity contribution in [2.45, 2.75) is 278 Å². The molecule has 6 nitrogen and oxygen atoms in total. The van der Waals surface area contributed by atoms with Crippen molar-refractivity contribution >= 4 is 17.9 Å². The Morgan fingerprint density at radius 1 is 0.345 bits per heavy atom. The number of carbonyl (C=O) groups is 3. The Kier molecular flexibility index (Phi) is 42.3. The third-order valence-electron chi connectivity index (χ3n) is 11.0. The van der Waals surface area contributed by atoms with Crippen LogP contribution in [-0.4, -0.2) is 37.2 Å². The Balaban J connectivity index is 4.23. The number of carbonyl (C=O) groups excluding carboxylic acids is 3. The summed E-state index contributed by atoms with van der Waals surface area (Å²) < 4.78 is 16.7. The average molecular weight is 779 g/mol. The maximum Gasteiger partial charge on any atom is 0.306 e. The van der Waals surface area contributed by atoms with E-state index in [-0.39, 0.29) is 31.1 Å². The molecule has 0 unspecified atom stereocenters. The lowest BCUT2D eigenvalue weighted by Crippen LogP contribution is -2.30. The summed E-state index contributed by atoms with van der Waals surface area (Å²) in [4.78, 5) is 37.7. The lowest BCUT2D eigenvalue weighted by Gasteiger charge is -2.18. The fourth-order valence-corrected chi connectivity index (χ4v) is 7.33. The van der Waals surface area contributed by atoms with E-state index in [2.05, 4.69) is 27.7 Å². The van der Waals surface area contributed by atoms with Gasteiger partial charge in [-0.15, -0.1) is 0 Å². The van der Waals surface area contributed by atoms with Crippen LogP contribution in [0, 0.1) is 5.92 Å². The first-order valence-corrected chi connectivity index (χ1v) is 24.4. The van der Waals surface area contributed by atoms with Crippen LogP contribution in [0.1, 0.15) is 272 Å². The van der Waals surface area contributed by atoms with Crippen LogP contribution in [0.25, 0.3) is 0 Å². The smallest absolute Gasteiger partial charge is 0.306 e. The first-order valence-electron chi connectivity index (χ1n) is 24.4. The molecule has 0 saturated carbocycles. The summed E-state index contributed by atoms with van der Waals surface area (Å²) >= 11 is 0. The van der Waals surface area contributed by atoms with Crippen LogP contribution in [0.3, 0.4) is 0 Å². The van der Waals surface area contributed by atoms with Gasteiger partial charge in [0.25, 0.3) is 0 Å². The van der Waals surface area contributed by atoms with Crippen molar-refractivity contribution in [3.8, 4) is 0 Å².